The molecule has 0 spiro atoms. The highest BCUT2D eigenvalue weighted by Gasteiger charge is 2.19. The molecule has 0 heterocycles. The van der Waals surface area contributed by atoms with Gasteiger partial charge in [0.25, 0.3) is 15.9 Å². The Labute approximate surface area is 171 Å². The molecule has 2 N–H and O–H groups in total. The summed E-state index contributed by atoms with van der Waals surface area (Å²) >= 11 is 3.18. The summed E-state index contributed by atoms with van der Waals surface area (Å²) in [5.41, 5.74) is 0.242. The molecular formula is C19H17BrN2O5S. The van der Waals surface area contributed by atoms with Crippen LogP contribution in [0.15, 0.2) is 76.8 Å². The zero-order valence-corrected chi connectivity index (χ0v) is 17.2. The summed E-state index contributed by atoms with van der Waals surface area (Å²) in [4.78, 5) is 23.8. The summed E-state index contributed by atoms with van der Waals surface area (Å²) in [5, 5.41) is 11.8. The maximum absolute atomic E-state index is 12.4. The molecule has 1 amide bonds. The molecule has 9 heteroatoms. The van der Waals surface area contributed by atoms with Gasteiger partial charge in [-0.25, -0.2) is 13.2 Å². The quantitative estimate of drug-likeness (QED) is 0.607. The first-order valence-corrected chi connectivity index (χ1v) is 10.1. The number of amides is 1. The van der Waals surface area contributed by atoms with Gasteiger partial charge in [-0.2, -0.15) is 0 Å². The van der Waals surface area contributed by atoms with Crippen molar-refractivity contribution in [2.45, 2.75) is 4.90 Å². The molecule has 2 aromatic rings. The lowest BCUT2D eigenvalue weighted by Gasteiger charge is -2.15. The number of sulfonamides is 1. The summed E-state index contributed by atoms with van der Waals surface area (Å²) in [6, 6.07) is 9.76. The molecule has 0 aliphatic heterocycles. The van der Waals surface area contributed by atoms with E-state index in [2.05, 4.69) is 27.8 Å². The largest absolute Gasteiger partial charge is 0.478 e. The van der Waals surface area contributed by atoms with Crippen LogP contribution in [-0.4, -0.2) is 36.8 Å². The number of carboxylic acid groups (broad SMARTS) is 1. The lowest BCUT2D eigenvalue weighted by Crippen LogP contribution is -2.21. The van der Waals surface area contributed by atoms with Crippen molar-refractivity contribution in [3.63, 3.8) is 0 Å². The molecular weight excluding hydrogens is 448 g/mol. The monoisotopic (exact) mass is 464 g/mol. The number of hydrogen-bond acceptors (Lipinski definition) is 4. The molecule has 28 heavy (non-hydrogen) atoms. The van der Waals surface area contributed by atoms with E-state index in [-0.39, 0.29) is 21.7 Å². The van der Waals surface area contributed by atoms with E-state index in [1.807, 2.05) is 0 Å². The number of nitrogens with zero attached hydrogens (tertiary/aromatic N) is 1. The number of anilines is 1. The number of carboxylic acids is 1. The number of carbonyl (C=O) groups is 2. The van der Waals surface area contributed by atoms with Gasteiger partial charge in [0.2, 0.25) is 0 Å². The van der Waals surface area contributed by atoms with Gasteiger partial charge in [0.15, 0.2) is 0 Å². The fraction of sp³-hybridized carbons (Fsp3) is 0.0526. The van der Waals surface area contributed by atoms with Crippen molar-refractivity contribution >= 4 is 43.5 Å². The van der Waals surface area contributed by atoms with Crippen LogP contribution in [0.25, 0.3) is 0 Å². The average Bonchev–Trinajstić information content (AvgIpc) is 2.67. The van der Waals surface area contributed by atoms with Crippen LogP contribution < -0.4 is 5.32 Å². The average molecular weight is 465 g/mol. The lowest BCUT2D eigenvalue weighted by atomic mass is 10.1. The van der Waals surface area contributed by atoms with Gasteiger partial charge in [-0.05, 0) is 48.5 Å². The third-order valence-electron chi connectivity index (χ3n) is 3.69. The van der Waals surface area contributed by atoms with Crippen LogP contribution in [-0.2, 0) is 10.0 Å². The molecule has 0 aliphatic carbocycles. The molecule has 0 atom stereocenters. The minimum atomic E-state index is -3.75. The molecule has 146 valence electrons. The Morgan fingerprint density at radius 3 is 2.39 bits per heavy atom. The fourth-order valence-electron chi connectivity index (χ4n) is 2.20. The van der Waals surface area contributed by atoms with E-state index in [1.165, 1.54) is 61.8 Å². The Hall–Kier alpha value is -2.91. The van der Waals surface area contributed by atoms with Gasteiger partial charge in [0.1, 0.15) is 0 Å². The van der Waals surface area contributed by atoms with Gasteiger partial charge in [-0.15, -0.1) is 0 Å². The number of allylic oxidation sites excluding steroid dienone is 2. The maximum atomic E-state index is 12.4. The molecule has 0 saturated carbocycles. The summed E-state index contributed by atoms with van der Waals surface area (Å²) in [6.45, 7) is 3.48. The Morgan fingerprint density at radius 1 is 1.18 bits per heavy atom. The second-order valence-electron chi connectivity index (χ2n) is 5.57. The van der Waals surface area contributed by atoms with E-state index >= 15 is 0 Å². The predicted octanol–water partition coefficient (Wildman–Crippen LogP) is 3.72. The van der Waals surface area contributed by atoms with Crippen LogP contribution in [0, 0.1) is 0 Å². The molecule has 0 bridgehead atoms. The first-order chi connectivity index (χ1) is 13.2. The number of aromatic carboxylic acids is 1. The molecule has 0 saturated heterocycles. The molecule has 0 fully saturated rings. The van der Waals surface area contributed by atoms with Gasteiger partial charge >= 0.3 is 5.97 Å². The number of hydrogen-bond donors (Lipinski definition) is 2. The highest BCUT2D eigenvalue weighted by Crippen LogP contribution is 2.22. The second-order valence-corrected chi connectivity index (χ2v) is 8.49. The molecule has 0 aliphatic rings. The first kappa shape index (κ1) is 21.4. The van der Waals surface area contributed by atoms with Gasteiger partial charge < -0.3 is 10.4 Å². The summed E-state index contributed by atoms with van der Waals surface area (Å²) < 4.78 is 26.5. The minimum Gasteiger partial charge on any atom is -0.478 e. The third kappa shape index (κ3) is 4.87. The highest BCUT2D eigenvalue weighted by molar-refractivity contribution is 9.10. The van der Waals surface area contributed by atoms with E-state index < -0.39 is 21.9 Å². The van der Waals surface area contributed by atoms with E-state index in [1.54, 1.807) is 6.07 Å². The molecule has 0 unspecified atom stereocenters. The van der Waals surface area contributed by atoms with E-state index in [0.717, 1.165) is 4.31 Å². The van der Waals surface area contributed by atoms with E-state index in [9.17, 15) is 23.1 Å². The predicted molar refractivity (Wildman–Crippen MR) is 110 cm³/mol. The zero-order chi connectivity index (χ0) is 20.9. The maximum Gasteiger partial charge on any atom is 0.337 e. The van der Waals surface area contributed by atoms with Crippen molar-refractivity contribution in [2.24, 2.45) is 0 Å². The van der Waals surface area contributed by atoms with Gasteiger partial charge in [0.05, 0.1) is 16.1 Å². The Kier molecular flexibility index (Phi) is 6.76. The number of halogens is 1. The van der Waals surface area contributed by atoms with Crippen LogP contribution in [0.4, 0.5) is 5.69 Å². The van der Waals surface area contributed by atoms with Gasteiger partial charge in [-0.3, -0.25) is 9.10 Å². The van der Waals surface area contributed by atoms with Crippen LogP contribution in [0.1, 0.15) is 20.7 Å². The standard InChI is InChI=1S/C19H17BrN2O5S/c1-3-4-11-22(2)28(26,27)15-8-5-13(6-9-15)18(23)21-17-10-7-14(20)12-16(17)19(24)25/h3-12H,1H2,2H3,(H,21,23)(H,24,25)/b11-4-. The third-order valence-corrected chi connectivity index (χ3v) is 5.93. The minimum absolute atomic E-state index is 0.00938. The molecule has 2 rings (SSSR count). The summed E-state index contributed by atoms with van der Waals surface area (Å²) in [6.07, 6.45) is 4.29. The number of benzene rings is 2. The topological polar surface area (TPSA) is 104 Å². The van der Waals surface area contributed by atoms with E-state index in [0.29, 0.717) is 4.47 Å². The van der Waals surface area contributed by atoms with Crippen molar-refractivity contribution in [3.8, 4) is 0 Å². The SMILES string of the molecule is C=C/C=C\N(C)S(=O)(=O)c1ccc(C(=O)Nc2ccc(Br)cc2C(=O)O)cc1. The molecule has 7 nitrogen and oxygen atoms in total. The molecule has 0 aromatic heterocycles. The van der Waals surface area contributed by atoms with Crippen LogP contribution in [0.5, 0.6) is 0 Å². The molecule has 0 radical (unpaired) electrons. The second kappa shape index (κ2) is 8.85. The highest BCUT2D eigenvalue weighted by atomic mass is 79.9. The van der Waals surface area contributed by atoms with Gasteiger partial charge in [-0.1, -0.05) is 28.6 Å². The van der Waals surface area contributed by atoms with Gasteiger partial charge in [0, 0.05) is 23.3 Å². The van der Waals surface area contributed by atoms with Crippen molar-refractivity contribution < 1.29 is 23.1 Å². The van der Waals surface area contributed by atoms with Crippen molar-refractivity contribution in [1.29, 1.82) is 0 Å². The molecule has 2 aromatic carbocycles. The summed E-state index contributed by atoms with van der Waals surface area (Å²) in [7, 11) is -2.37. The smallest absolute Gasteiger partial charge is 0.337 e. The summed E-state index contributed by atoms with van der Waals surface area (Å²) in [5.74, 6) is -1.75. The van der Waals surface area contributed by atoms with Crippen LogP contribution in [0.3, 0.4) is 0 Å². The first-order valence-electron chi connectivity index (χ1n) is 7.88. The Bertz CT molecular complexity index is 1050. The van der Waals surface area contributed by atoms with Crippen LogP contribution in [0.2, 0.25) is 0 Å². The van der Waals surface area contributed by atoms with Crippen molar-refractivity contribution in [2.75, 3.05) is 12.4 Å². The lowest BCUT2D eigenvalue weighted by molar-refractivity contribution is 0.0698. The normalized spacial score (nSPS) is 11.2. The van der Waals surface area contributed by atoms with E-state index in [4.69, 9.17) is 0 Å². The van der Waals surface area contributed by atoms with Crippen molar-refractivity contribution in [3.05, 3.63) is 83.0 Å². The Morgan fingerprint density at radius 2 is 1.82 bits per heavy atom. The zero-order valence-electron chi connectivity index (χ0n) is 14.8. The number of rotatable bonds is 7. The number of nitrogens with one attached hydrogen (secondary N) is 1. The fourth-order valence-corrected chi connectivity index (χ4v) is 3.61. The van der Waals surface area contributed by atoms with Crippen LogP contribution >= 0.6 is 15.9 Å². The Balaban J connectivity index is 2.25. The number of carbonyl (C=O) groups excluding carboxylic acids is 1. The van der Waals surface area contributed by atoms with Crippen molar-refractivity contribution in [1.82, 2.24) is 4.31 Å².